The highest BCUT2D eigenvalue weighted by molar-refractivity contribution is 14.1. The molecule has 0 unspecified atom stereocenters. The summed E-state index contributed by atoms with van der Waals surface area (Å²) >= 11 is 9.22. The monoisotopic (exact) mass is 374 g/mol. The second-order valence-electron chi connectivity index (χ2n) is 1.85. The highest BCUT2D eigenvalue weighted by atomic mass is 127. The van der Waals surface area contributed by atoms with Gasteiger partial charge in [0.2, 0.25) is 0 Å². The van der Waals surface area contributed by atoms with Gasteiger partial charge < -0.3 is 0 Å². The van der Waals surface area contributed by atoms with Crippen molar-refractivity contribution in [1.82, 2.24) is 0 Å². The third kappa shape index (κ3) is 1.95. The van der Waals surface area contributed by atoms with Gasteiger partial charge in [0.05, 0.1) is 0 Å². The normalized spacial score (nSPS) is 9.90. The molecule has 0 radical (unpaired) electrons. The van der Waals surface area contributed by atoms with Gasteiger partial charge in [0, 0.05) is 13.4 Å². The van der Waals surface area contributed by atoms with Crippen molar-refractivity contribution in [2.45, 2.75) is 5.33 Å². The molecule has 1 aromatic rings. The molecule has 0 nitrogen and oxygen atoms in total. The SMILES string of the molecule is BrCc1cccc(I)c1Br. The molecule has 0 saturated carbocycles. The number of benzene rings is 1. The van der Waals surface area contributed by atoms with Gasteiger partial charge >= 0.3 is 0 Å². The standard InChI is InChI=1S/C7H5Br2I/c8-4-5-2-1-3-6(10)7(5)9/h1-3H,4H2. The Labute approximate surface area is 90.8 Å². The number of rotatable bonds is 1. The van der Waals surface area contributed by atoms with Crippen molar-refractivity contribution in [3.05, 3.63) is 31.8 Å². The third-order valence-corrected chi connectivity index (χ3v) is 4.36. The molecule has 0 heterocycles. The molecule has 0 fully saturated rings. The van der Waals surface area contributed by atoms with E-state index >= 15 is 0 Å². The summed E-state index contributed by atoms with van der Waals surface area (Å²) in [6.07, 6.45) is 0. The first-order valence-electron chi connectivity index (χ1n) is 2.74. The number of hydrogen-bond donors (Lipinski definition) is 0. The zero-order valence-electron chi connectivity index (χ0n) is 5.07. The van der Waals surface area contributed by atoms with E-state index in [1.54, 1.807) is 0 Å². The van der Waals surface area contributed by atoms with Gasteiger partial charge in [-0.05, 0) is 50.2 Å². The van der Waals surface area contributed by atoms with Gasteiger partial charge in [0.25, 0.3) is 0 Å². The van der Waals surface area contributed by atoms with Crippen LogP contribution in [0, 0.1) is 3.57 Å². The second-order valence-corrected chi connectivity index (χ2v) is 4.36. The summed E-state index contributed by atoms with van der Waals surface area (Å²) in [6, 6.07) is 6.24. The van der Waals surface area contributed by atoms with Crippen LogP contribution in [-0.4, -0.2) is 0 Å². The van der Waals surface area contributed by atoms with E-state index in [0.29, 0.717) is 0 Å². The van der Waals surface area contributed by atoms with E-state index < -0.39 is 0 Å². The van der Waals surface area contributed by atoms with Crippen molar-refractivity contribution in [2.75, 3.05) is 0 Å². The maximum absolute atomic E-state index is 3.50. The molecule has 0 amide bonds. The van der Waals surface area contributed by atoms with E-state index in [1.807, 2.05) is 0 Å². The fourth-order valence-electron chi connectivity index (χ4n) is 0.652. The minimum atomic E-state index is 0.907. The van der Waals surface area contributed by atoms with Crippen LogP contribution in [0.5, 0.6) is 0 Å². The van der Waals surface area contributed by atoms with Crippen molar-refractivity contribution in [2.24, 2.45) is 0 Å². The van der Waals surface area contributed by atoms with Crippen LogP contribution in [0.25, 0.3) is 0 Å². The number of hydrogen-bond acceptors (Lipinski definition) is 0. The minimum absolute atomic E-state index is 0.907. The molecule has 54 valence electrons. The topological polar surface area (TPSA) is 0 Å². The molecule has 1 rings (SSSR count). The summed E-state index contributed by atoms with van der Waals surface area (Å²) in [7, 11) is 0. The summed E-state index contributed by atoms with van der Waals surface area (Å²) in [4.78, 5) is 0. The van der Waals surface area contributed by atoms with Gasteiger partial charge in [-0.15, -0.1) is 0 Å². The van der Waals surface area contributed by atoms with Gasteiger partial charge in [-0.3, -0.25) is 0 Å². The van der Waals surface area contributed by atoms with Gasteiger partial charge in [-0.1, -0.05) is 28.1 Å². The van der Waals surface area contributed by atoms with Crippen molar-refractivity contribution in [3.8, 4) is 0 Å². The lowest BCUT2D eigenvalue weighted by atomic mass is 10.2. The molecule has 0 aromatic heterocycles. The molecular weight excluding hydrogens is 371 g/mol. The molecule has 0 atom stereocenters. The van der Waals surface area contributed by atoms with Crippen molar-refractivity contribution in [3.63, 3.8) is 0 Å². The maximum Gasteiger partial charge on any atom is 0.0349 e. The van der Waals surface area contributed by atoms with Crippen molar-refractivity contribution < 1.29 is 0 Å². The first-order chi connectivity index (χ1) is 4.75. The lowest BCUT2D eigenvalue weighted by Crippen LogP contribution is -1.81. The Balaban J connectivity index is 3.14. The highest BCUT2D eigenvalue weighted by Gasteiger charge is 1.99. The largest absolute Gasteiger partial charge is 0.0876 e. The van der Waals surface area contributed by atoms with E-state index in [4.69, 9.17) is 0 Å². The van der Waals surface area contributed by atoms with E-state index in [0.717, 1.165) is 5.33 Å². The molecule has 3 heteroatoms. The van der Waals surface area contributed by atoms with Gasteiger partial charge in [0.1, 0.15) is 0 Å². The molecule has 0 spiro atoms. The first-order valence-corrected chi connectivity index (χ1v) is 5.74. The molecule has 10 heavy (non-hydrogen) atoms. The van der Waals surface area contributed by atoms with Crippen molar-refractivity contribution in [1.29, 1.82) is 0 Å². The Morgan fingerprint density at radius 1 is 1.40 bits per heavy atom. The van der Waals surface area contributed by atoms with E-state index in [9.17, 15) is 0 Å². The molecule has 0 bridgehead atoms. The molecule has 0 saturated heterocycles. The van der Waals surface area contributed by atoms with Crippen LogP contribution < -0.4 is 0 Å². The van der Waals surface area contributed by atoms with Crippen molar-refractivity contribution >= 4 is 54.5 Å². The average molecular weight is 376 g/mol. The van der Waals surface area contributed by atoms with Gasteiger partial charge in [0.15, 0.2) is 0 Å². The molecule has 0 aliphatic carbocycles. The van der Waals surface area contributed by atoms with E-state index in [-0.39, 0.29) is 0 Å². The molecule has 1 aromatic carbocycles. The number of alkyl halides is 1. The molecule has 0 N–H and O–H groups in total. The predicted octanol–water partition coefficient (Wildman–Crippen LogP) is 3.95. The lowest BCUT2D eigenvalue weighted by Gasteiger charge is -2.00. The van der Waals surface area contributed by atoms with Crippen LogP contribution in [0.1, 0.15) is 5.56 Å². The minimum Gasteiger partial charge on any atom is -0.0876 e. The Bertz CT molecular complexity index is 235. The maximum atomic E-state index is 3.50. The molecule has 0 aliphatic rings. The fourth-order valence-corrected chi connectivity index (χ4v) is 2.45. The zero-order chi connectivity index (χ0) is 7.56. The summed E-state index contributed by atoms with van der Waals surface area (Å²) in [5, 5.41) is 0.907. The first kappa shape index (κ1) is 9.00. The average Bonchev–Trinajstić information content (AvgIpc) is 1.95. The lowest BCUT2D eigenvalue weighted by molar-refractivity contribution is 1.38. The highest BCUT2D eigenvalue weighted by Crippen LogP contribution is 2.24. The smallest absolute Gasteiger partial charge is 0.0349 e. The molecule has 0 aliphatic heterocycles. The summed E-state index contributed by atoms with van der Waals surface area (Å²) in [5.41, 5.74) is 1.30. The second kappa shape index (κ2) is 4.07. The van der Waals surface area contributed by atoms with Gasteiger partial charge in [-0.25, -0.2) is 0 Å². The van der Waals surface area contributed by atoms with Crippen LogP contribution in [0.15, 0.2) is 22.7 Å². The Morgan fingerprint density at radius 2 is 2.10 bits per heavy atom. The van der Waals surface area contributed by atoms with Crippen LogP contribution in [0.2, 0.25) is 0 Å². The predicted molar refractivity (Wildman–Crippen MR) is 59.5 cm³/mol. The summed E-state index contributed by atoms with van der Waals surface area (Å²) in [5.74, 6) is 0. The Hall–Kier alpha value is 0.910. The summed E-state index contributed by atoms with van der Waals surface area (Å²) < 4.78 is 2.46. The van der Waals surface area contributed by atoms with Crippen LogP contribution in [0.4, 0.5) is 0 Å². The third-order valence-electron chi connectivity index (χ3n) is 1.18. The summed E-state index contributed by atoms with van der Waals surface area (Å²) in [6.45, 7) is 0. The van der Waals surface area contributed by atoms with E-state index in [2.05, 4.69) is 72.6 Å². The Kier molecular flexibility index (Phi) is 3.66. The van der Waals surface area contributed by atoms with E-state index in [1.165, 1.54) is 13.6 Å². The zero-order valence-corrected chi connectivity index (χ0v) is 10.4. The molecular formula is C7H5Br2I. The number of halogens is 3. The fraction of sp³-hybridized carbons (Fsp3) is 0.143. The van der Waals surface area contributed by atoms with Gasteiger partial charge in [-0.2, -0.15) is 0 Å². The van der Waals surface area contributed by atoms with Crippen LogP contribution >= 0.6 is 54.5 Å². The quantitative estimate of drug-likeness (QED) is 0.515. The Morgan fingerprint density at radius 3 is 2.60 bits per heavy atom. The van der Waals surface area contributed by atoms with Crippen LogP contribution in [-0.2, 0) is 5.33 Å². The van der Waals surface area contributed by atoms with Crippen LogP contribution in [0.3, 0.4) is 0 Å².